The Kier molecular flexibility index (Phi) is 3.87. The van der Waals surface area contributed by atoms with E-state index in [1.165, 1.54) is 25.7 Å². The van der Waals surface area contributed by atoms with E-state index in [9.17, 15) is 0 Å². The molecule has 0 amide bonds. The van der Waals surface area contributed by atoms with Gasteiger partial charge in [-0.3, -0.25) is 0 Å². The molecule has 2 rings (SSSR count). The number of rotatable bonds is 4. The fourth-order valence-corrected chi connectivity index (χ4v) is 3.27. The van der Waals surface area contributed by atoms with Gasteiger partial charge >= 0.3 is 0 Å². The van der Waals surface area contributed by atoms with Crippen LogP contribution in [-0.2, 0) is 13.0 Å². The Hall–Kier alpha value is -0.830. The Morgan fingerprint density at radius 3 is 3.00 bits per heavy atom. The second-order valence-corrected chi connectivity index (χ2v) is 5.39. The van der Waals surface area contributed by atoms with Crippen LogP contribution in [-0.4, -0.2) is 15.1 Å². The van der Waals surface area contributed by atoms with Gasteiger partial charge in [-0.25, -0.2) is 4.98 Å². The normalized spacial score (nSPS) is 29.5. The molecule has 2 N–H and O–H groups in total. The van der Waals surface area contributed by atoms with Crippen molar-refractivity contribution in [3.05, 3.63) is 18.2 Å². The van der Waals surface area contributed by atoms with Crippen molar-refractivity contribution in [1.29, 1.82) is 0 Å². The molecule has 3 heteroatoms. The third-order valence-corrected chi connectivity index (χ3v) is 4.38. The highest BCUT2D eigenvalue weighted by molar-refractivity contribution is 5.04. The van der Waals surface area contributed by atoms with Gasteiger partial charge in [0, 0.05) is 30.9 Å². The summed E-state index contributed by atoms with van der Waals surface area (Å²) >= 11 is 0. The predicted octanol–water partition coefficient (Wildman–Crippen LogP) is 2.74. The van der Waals surface area contributed by atoms with Crippen LogP contribution in [0.5, 0.6) is 0 Å². The van der Waals surface area contributed by atoms with Crippen LogP contribution in [0.15, 0.2) is 12.4 Å². The lowest BCUT2D eigenvalue weighted by Gasteiger charge is -2.41. The number of nitrogens with two attached hydrogens (primary N) is 1. The van der Waals surface area contributed by atoms with E-state index < -0.39 is 0 Å². The molecule has 1 aromatic rings. The largest absolute Gasteiger partial charge is 0.335 e. The summed E-state index contributed by atoms with van der Waals surface area (Å²) in [6.07, 6.45) is 11.2. The van der Waals surface area contributed by atoms with Crippen LogP contribution in [0, 0.1) is 5.92 Å². The average Bonchev–Trinajstić information content (AvgIpc) is 2.76. The van der Waals surface area contributed by atoms with Crippen molar-refractivity contribution < 1.29 is 0 Å². The summed E-state index contributed by atoms with van der Waals surface area (Å²) in [5.41, 5.74) is 6.65. The maximum absolute atomic E-state index is 6.68. The Bertz CT molecular complexity index is 358. The van der Waals surface area contributed by atoms with E-state index >= 15 is 0 Å². The summed E-state index contributed by atoms with van der Waals surface area (Å²) in [7, 11) is 0. The molecule has 0 saturated heterocycles. The molecule has 0 aromatic carbocycles. The van der Waals surface area contributed by atoms with E-state index in [4.69, 9.17) is 5.73 Å². The van der Waals surface area contributed by atoms with Gasteiger partial charge in [-0.15, -0.1) is 0 Å². The molecule has 1 fully saturated rings. The summed E-state index contributed by atoms with van der Waals surface area (Å²) in [6.45, 7) is 5.42. The van der Waals surface area contributed by atoms with E-state index in [1.807, 2.05) is 6.20 Å². The van der Waals surface area contributed by atoms with E-state index in [-0.39, 0.29) is 5.54 Å². The molecule has 0 bridgehead atoms. The van der Waals surface area contributed by atoms with Gasteiger partial charge in [-0.1, -0.05) is 26.2 Å². The van der Waals surface area contributed by atoms with Crippen molar-refractivity contribution in [1.82, 2.24) is 9.55 Å². The quantitative estimate of drug-likeness (QED) is 0.872. The minimum atomic E-state index is -0.0225. The monoisotopic (exact) mass is 235 g/mol. The Labute approximate surface area is 104 Å². The maximum atomic E-state index is 6.68. The molecular formula is C14H25N3. The molecule has 2 unspecified atom stereocenters. The first-order valence-electron chi connectivity index (χ1n) is 6.98. The Morgan fingerprint density at radius 2 is 2.29 bits per heavy atom. The smallest absolute Gasteiger partial charge is 0.110 e. The molecule has 96 valence electrons. The molecule has 3 nitrogen and oxygen atoms in total. The minimum Gasteiger partial charge on any atom is -0.335 e. The van der Waals surface area contributed by atoms with Gasteiger partial charge in [0.2, 0.25) is 0 Å². The van der Waals surface area contributed by atoms with E-state index in [2.05, 4.69) is 29.6 Å². The van der Waals surface area contributed by atoms with Crippen LogP contribution in [0.1, 0.15) is 51.8 Å². The molecule has 0 spiro atoms. The molecule has 0 radical (unpaired) electrons. The standard InChI is InChI=1S/C14H25N3/c1-3-12-7-5-6-8-14(12,15)11-13-16-9-10-17(13)4-2/h9-10,12H,3-8,11,15H2,1-2H3. The van der Waals surface area contributed by atoms with Crippen LogP contribution >= 0.6 is 0 Å². The first-order chi connectivity index (χ1) is 8.19. The highest BCUT2D eigenvalue weighted by atomic mass is 15.1. The topological polar surface area (TPSA) is 43.8 Å². The third-order valence-electron chi connectivity index (χ3n) is 4.38. The van der Waals surface area contributed by atoms with Crippen LogP contribution in [0.4, 0.5) is 0 Å². The van der Waals surface area contributed by atoms with Gasteiger partial charge in [0.1, 0.15) is 5.82 Å². The van der Waals surface area contributed by atoms with Crippen molar-refractivity contribution in [3.8, 4) is 0 Å². The lowest BCUT2D eigenvalue weighted by atomic mass is 9.70. The molecule has 0 aliphatic heterocycles. The lowest BCUT2D eigenvalue weighted by Crippen LogP contribution is -2.51. The van der Waals surface area contributed by atoms with Crippen LogP contribution in [0.25, 0.3) is 0 Å². The van der Waals surface area contributed by atoms with Crippen molar-refractivity contribution in [2.24, 2.45) is 11.7 Å². The predicted molar refractivity (Wildman–Crippen MR) is 70.8 cm³/mol. The summed E-state index contributed by atoms with van der Waals surface area (Å²) in [4.78, 5) is 4.48. The van der Waals surface area contributed by atoms with Crippen LogP contribution in [0.3, 0.4) is 0 Å². The fourth-order valence-electron chi connectivity index (χ4n) is 3.27. The van der Waals surface area contributed by atoms with Crippen molar-refractivity contribution in [2.45, 2.75) is 64.5 Å². The van der Waals surface area contributed by atoms with Crippen molar-refractivity contribution >= 4 is 0 Å². The molecule has 1 heterocycles. The molecule has 17 heavy (non-hydrogen) atoms. The van der Waals surface area contributed by atoms with Gasteiger partial charge < -0.3 is 10.3 Å². The summed E-state index contributed by atoms with van der Waals surface area (Å²) < 4.78 is 2.22. The zero-order valence-electron chi connectivity index (χ0n) is 11.2. The second kappa shape index (κ2) is 5.21. The molecule has 1 aromatic heterocycles. The lowest BCUT2D eigenvalue weighted by molar-refractivity contribution is 0.178. The van der Waals surface area contributed by atoms with Crippen LogP contribution < -0.4 is 5.73 Å². The maximum Gasteiger partial charge on any atom is 0.110 e. The first kappa shape index (κ1) is 12.6. The van der Waals surface area contributed by atoms with Crippen molar-refractivity contribution in [2.75, 3.05) is 0 Å². The van der Waals surface area contributed by atoms with Gasteiger partial charge in [0.25, 0.3) is 0 Å². The third kappa shape index (κ3) is 2.54. The highest BCUT2D eigenvalue weighted by Crippen LogP contribution is 2.36. The molecule has 1 aliphatic rings. The number of aromatic nitrogens is 2. The molecule has 2 atom stereocenters. The average molecular weight is 235 g/mol. The molecule has 1 saturated carbocycles. The Balaban J connectivity index is 2.14. The highest BCUT2D eigenvalue weighted by Gasteiger charge is 2.36. The number of hydrogen-bond donors (Lipinski definition) is 1. The summed E-state index contributed by atoms with van der Waals surface area (Å²) in [6, 6.07) is 0. The molecular weight excluding hydrogens is 210 g/mol. The molecule has 1 aliphatic carbocycles. The Morgan fingerprint density at radius 1 is 1.47 bits per heavy atom. The zero-order chi connectivity index (χ0) is 12.3. The van der Waals surface area contributed by atoms with Crippen molar-refractivity contribution in [3.63, 3.8) is 0 Å². The number of imidazole rings is 1. The van der Waals surface area contributed by atoms with Gasteiger partial charge in [0.05, 0.1) is 0 Å². The minimum absolute atomic E-state index is 0.0225. The van der Waals surface area contributed by atoms with Gasteiger partial charge in [-0.2, -0.15) is 0 Å². The van der Waals surface area contributed by atoms with E-state index in [1.54, 1.807) is 0 Å². The fraction of sp³-hybridized carbons (Fsp3) is 0.786. The van der Waals surface area contributed by atoms with E-state index in [0.29, 0.717) is 5.92 Å². The first-order valence-corrected chi connectivity index (χ1v) is 6.98. The number of aryl methyl sites for hydroxylation is 1. The van der Waals surface area contributed by atoms with E-state index in [0.717, 1.165) is 25.2 Å². The summed E-state index contributed by atoms with van der Waals surface area (Å²) in [5, 5.41) is 0. The number of hydrogen-bond acceptors (Lipinski definition) is 2. The summed E-state index contributed by atoms with van der Waals surface area (Å²) in [5.74, 6) is 1.83. The SMILES string of the molecule is CCC1CCCCC1(N)Cc1nccn1CC. The van der Waals surface area contributed by atoms with Gasteiger partial charge in [0.15, 0.2) is 0 Å². The number of nitrogens with zero attached hydrogens (tertiary/aromatic N) is 2. The van der Waals surface area contributed by atoms with Crippen LogP contribution in [0.2, 0.25) is 0 Å². The second-order valence-electron chi connectivity index (χ2n) is 5.39. The van der Waals surface area contributed by atoms with Gasteiger partial charge in [-0.05, 0) is 25.7 Å². The zero-order valence-corrected chi connectivity index (χ0v) is 11.2.